The van der Waals surface area contributed by atoms with Crippen LogP contribution in [0.1, 0.15) is 29.6 Å². The first-order chi connectivity index (χ1) is 16.9. The van der Waals surface area contributed by atoms with Crippen molar-refractivity contribution in [3.63, 3.8) is 0 Å². The van der Waals surface area contributed by atoms with Gasteiger partial charge < -0.3 is 10.5 Å². The maximum Gasteiger partial charge on any atom is 0.302 e. The van der Waals surface area contributed by atoms with E-state index >= 15 is 0 Å². The van der Waals surface area contributed by atoms with Gasteiger partial charge in [0.05, 0.1) is 18.5 Å². The van der Waals surface area contributed by atoms with Gasteiger partial charge in [-0.05, 0) is 60.0 Å². The van der Waals surface area contributed by atoms with Crippen molar-refractivity contribution >= 4 is 39.0 Å². The Morgan fingerprint density at radius 1 is 1.11 bits per heavy atom. The number of nitrogens with zero attached hydrogens (tertiary/aromatic N) is 3. The second-order valence-corrected chi connectivity index (χ2v) is 9.27. The average molecular weight is 487 g/mol. The zero-order chi connectivity index (χ0) is 24.5. The Morgan fingerprint density at radius 3 is 2.51 bits per heavy atom. The van der Waals surface area contributed by atoms with Gasteiger partial charge in [-0.15, -0.1) is 11.3 Å². The molecule has 35 heavy (non-hydrogen) atoms. The van der Waals surface area contributed by atoms with Crippen LogP contribution < -0.4 is 20.5 Å². The van der Waals surface area contributed by atoms with Crippen molar-refractivity contribution in [1.82, 2.24) is 10.3 Å². The van der Waals surface area contributed by atoms with Crippen molar-refractivity contribution in [2.75, 3.05) is 18.2 Å². The molecule has 3 aromatic heterocycles. The van der Waals surface area contributed by atoms with Crippen LogP contribution in [0.2, 0.25) is 0 Å². The minimum Gasteiger partial charge on any atom is -0.497 e. The Balaban J connectivity index is 1.61. The van der Waals surface area contributed by atoms with Gasteiger partial charge in [0, 0.05) is 10.9 Å². The third-order valence-electron chi connectivity index (χ3n) is 5.62. The summed E-state index contributed by atoms with van der Waals surface area (Å²) in [6, 6.07) is 19.8. The summed E-state index contributed by atoms with van der Waals surface area (Å²) in [5, 5.41) is 7.42. The summed E-state index contributed by atoms with van der Waals surface area (Å²) < 4.78 is 12.1. The predicted molar refractivity (Wildman–Crippen MR) is 136 cm³/mol. The van der Waals surface area contributed by atoms with E-state index in [-0.39, 0.29) is 17.8 Å². The van der Waals surface area contributed by atoms with E-state index < -0.39 is 0 Å². The summed E-state index contributed by atoms with van der Waals surface area (Å²) >= 11 is 1.25. The first kappa shape index (κ1) is 22.5. The zero-order valence-corrected chi connectivity index (χ0v) is 20.3. The van der Waals surface area contributed by atoms with Gasteiger partial charge in [0.25, 0.3) is 12.1 Å². The number of thiophene rings is 1. The van der Waals surface area contributed by atoms with E-state index in [1.165, 1.54) is 11.3 Å². The predicted octanol–water partition coefficient (Wildman–Crippen LogP) is 5.33. The molecule has 0 aliphatic carbocycles. The molecule has 0 aliphatic rings. The number of nitrogen functional groups attached to an aromatic ring is 1. The van der Waals surface area contributed by atoms with Crippen LogP contribution >= 0.6 is 11.3 Å². The summed E-state index contributed by atoms with van der Waals surface area (Å²) in [4.78, 5) is 19.0. The molecule has 2 aromatic carbocycles. The molecule has 0 bridgehead atoms. The highest BCUT2D eigenvalue weighted by molar-refractivity contribution is 7.21. The minimum atomic E-state index is -0.373. The Morgan fingerprint density at radius 2 is 1.86 bits per heavy atom. The summed E-state index contributed by atoms with van der Waals surface area (Å²) in [6.07, 6.45) is 1.64. The van der Waals surface area contributed by atoms with Crippen LogP contribution in [0, 0.1) is 0 Å². The summed E-state index contributed by atoms with van der Waals surface area (Å²) in [6.45, 7) is 3.94. The molecular weight excluding hydrogens is 462 g/mol. The van der Waals surface area contributed by atoms with Crippen LogP contribution in [-0.4, -0.2) is 23.3 Å². The van der Waals surface area contributed by atoms with Crippen LogP contribution in [-0.2, 0) is 0 Å². The van der Waals surface area contributed by atoms with Crippen LogP contribution in [0.4, 0.5) is 11.6 Å². The number of methoxy groups -OCH3 is 1. The van der Waals surface area contributed by atoms with E-state index in [1.807, 2.05) is 74.5 Å². The molecule has 5 rings (SSSR count). The fourth-order valence-corrected chi connectivity index (χ4v) is 4.79. The quantitative estimate of drug-likeness (QED) is 0.314. The largest absolute Gasteiger partial charge is 0.497 e. The number of aromatic nitrogens is 3. The van der Waals surface area contributed by atoms with Crippen LogP contribution in [0.5, 0.6) is 5.75 Å². The number of carbonyl (C=O) groups excluding carboxylic acids is 1. The number of nitrogens with two attached hydrogens (primary N) is 1. The molecule has 0 aliphatic heterocycles. The number of hydrogen-bond acceptors (Lipinski definition) is 7. The smallest absolute Gasteiger partial charge is 0.302 e. The molecule has 0 unspecified atom stereocenters. The monoisotopic (exact) mass is 486 g/mol. The molecule has 0 spiro atoms. The van der Waals surface area contributed by atoms with Gasteiger partial charge in [-0.2, -0.15) is 0 Å². The lowest BCUT2D eigenvalue weighted by atomic mass is 9.99. The lowest BCUT2D eigenvalue weighted by Crippen LogP contribution is -2.36. The summed E-state index contributed by atoms with van der Waals surface area (Å²) in [5.41, 5.74) is 10.5. The van der Waals surface area contributed by atoms with Gasteiger partial charge in [-0.1, -0.05) is 30.3 Å². The zero-order valence-electron chi connectivity index (χ0n) is 19.5. The van der Waals surface area contributed by atoms with E-state index in [9.17, 15) is 4.79 Å². The number of rotatable bonds is 6. The van der Waals surface area contributed by atoms with Gasteiger partial charge in [-0.25, -0.2) is 4.98 Å². The molecule has 8 nitrogen and oxygen atoms in total. The van der Waals surface area contributed by atoms with Crippen molar-refractivity contribution in [3.8, 4) is 28.1 Å². The molecule has 1 amide bonds. The number of fused-ring (bicyclic) bond motifs is 1. The number of pyridine rings is 1. The second-order valence-electron chi connectivity index (χ2n) is 8.27. The molecule has 0 saturated heterocycles. The van der Waals surface area contributed by atoms with Gasteiger partial charge in [0.15, 0.2) is 6.04 Å². The molecule has 0 atom stereocenters. The highest BCUT2D eigenvalue weighted by atomic mass is 32.1. The highest BCUT2D eigenvalue weighted by Gasteiger charge is 2.24. The molecule has 9 heteroatoms. The lowest BCUT2D eigenvalue weighted by Gasteiger charge is -2.09. The molecule has 0 fully saturated rings. The van der Waals surface area contributed by atoms with Crippen molar-refractivity contribution < 1.29 is 18.7 Å². The van der Waals surface area contributed by atoms with Crippen molar-refractivity contribution in [1.29, 1.82) is 0 Å². The molecule has 3 N–H and O–H groups in total. The Kier molecular flexibility index (Phi) is 5.92. The van der Waals surface area contributed by atoms with Crippen molar-refractivity contribution in [3.05, 3.63) is 71.7 Å². The van der Waals surface area contributed by atoms with Crippen LogP contribution in [0.25, 0.3) is 32.6 Å². The molecule has 3 heterocycles. The number of ether oxygens (including phenoxy) is 1. The normalized spacial score (nSPS) is 11.2. The molecule has 0 radical (unpaired) electrons. The number of hydrogen-bond donors (Lipinski definition) is 2. The first-order valence-corrected chi connectivity index (χ1v) is 11.9. The van der Waals surface area contributed by atoms with Gasteiger partial charge in [0.2, 0.25) is 5.27 Å². The average Bonchev–Trinajstić information content (AvgIpc) is 3.49. The lowest BCUT2D eigenvalue weighted by molar-refractivity contribution is -0.779. The van der Waals surface area contributed by atoms with E-state index in [0.717, 1.165) is 33.5 Å². The maximum atomic E-state index is 13.1. The van der Waals surface area contributed by atoms with E-state index in [1.54, 1.807) is 18.0 Å². The SMILES string of the molecule is COc1ccc(-c2cc(-c3ccccc3)c3c(N)c(C(=O)Nc4c[n+](C(C)C)no4)sc3n2)cc1. The highest BCUT2D eigenvalue weighted by Crippen LogP contribution is 2.41. The minimum absolute atomic E-state index is 0.104. The number of anilines is 2. The third-order valence-corrected chi connectivity index (χ3v) is 6.72. The number of amides is 1. The Bertz CT molecular complexity index is 1510. The third kappa shape index (κ3) is 4.33. The van der Waals surface area contributed by atoms with Gasteiger partial charge in [0.1, 0.15) is 15.5 Å². The van der Waals surface area contributed by atoms with Crippen molar-refractivity contribution in [2.45, 2.75) is 19.9 Å². The first-order valence-electron chi connectivity index (χ1n) is 11.1. The Labute approximate surface area is 205 Å². The van der Waals surface area contributed by atoms with E-state index in [2.05, 4.69) is 10.6 Å². The van der Waals surface area contributed by atoms with Gasteiger partial charge >= 0.3 is 5.88 Å². The van der Waals surface area contributed by atoms with Crippen LogP contribution in [0.3, 0.4) is 0 Å². The Hall–Kier alpha value is -4.24. The molecular formula is C26H24N5O3S+. The van der Waals surface area contributed by atoms with Gasteiger partial charge in [-0.3, -0.25) is 14.6 Å². The fourth-order valence-electron chi connectivity index (χ4n) is 3.77. The van der Waals surface area contributed by atoms with E-state index in [4.69, 9.17) is 20.0 Å². The van der Waals surface area contributed by atoms with Crippen molar-refractivity contribution in [2.24, 2.45) is 0 Å². The van der Waals surface area contributed by atoms with E-state index in [0.29, 0.717) is 15.4 Å². The number of benzene rings is 2. The molecule has 0 saturated carbocycles. The molecule has 176 valence electrons. The topological polar surface area (TPSA) is 107 Å². The number of carbonyl (C=O) groups is 1. The van der Waals surface area contributed by atoms with Crippen LogP contribution in [0.15, 0.2) is 71.4 Å². The molecule has 5 aromatic rings. The standard InChI is InChI=1S/C26H23N5O3S/c1-15(2)31-14-21(34-30-31)29-25(32)24-23(27)22-19(16-7-5-4-6-8-16)13-20(28-26(22)35-24)17-9-11-18(33-3)12-10-17/h4-15H,1-3H3,(H2-,27,29,30,32)/p+1. The number of nitrogens with one attached hydrogen (secondary N) is 1. The fraction of sp³-hybridized carbons (Fsp3) is 0.154. The second kappa shape index (κ2) is 9.19. The maximum absolute atomic E-state index is 13.1. The summed E-state index contributed by atoms with van der Waals surface area (Å²) in [7, 11) is 1.63. The summed E-state index contributed by atoms with van der Waals surface area (Å²) in [5.74, 6) is 0.641.